The molecule has 1 aliphatic rings. The predicted octanol–water partition coefficient (Wildman–Crippen LogP) is 1.96. The molecule has 0 bridgehead atoms. The summed E-state index contributed by atoms with van der Waals surface area (Å²) >= 11 is 6.12. The van der Waals surface area contributed by atoms with E-state index in [1.54, 1.807) is 13.2 Å². The average molecular weight is 314 g/mol. The van der Waals surface area contributed by atoms with E-state index in [0.29, 0.717) is 17.7 Å². The number of nitrogens with zero attached hydrogens (tertiary/aromatic N) is 1. The van der Waals surface area contributed by atoms with E-state index < -0.39 is 0 Å². The van der Waals surface area contributed by atoms with Gasteiger partial charge in [0, 0.05) is 29.7 Å². The normalized spacial score (nSPS) is 21.5. The lowest BCUT2D eigenvalue weighted by Crippen LogP contribution is -2.51. The number of hydrogen-bond acceptors (Lipinski definition) is 5. The molecule has 2 atom stereocenters. The SMILES string of the molecule is COc1ccc(Cl)cc1C(NN)C1CN(C(C)C)CCO1. The molecule has 1 heterocycles. The highest BCUT2D eigenvalue weighted by Crippen LogP contribution is 2.32. The molecular weight excluding hydrogens is 290 g/mol. The second kappa shape index (κ2) is 7.42. The molecule has 1 aliphatic heterocycles. The van der Waals surface area contributed by atoms with Crippen LogP contribution < -0.4 is 16.0 Å². The van der Waals surface area contributed by atoms with Crippen LogP contribution in [-0.4, -0.2) is 43.9 Å². The number of hydrazine groups is 1. The van der Waals surface area contributed by atoms with Gasteiger partial charge in [0.25, 0.3) is 0 Å². The third kappa shape index (κ3) is 3.87. The Morgan fingerprint density at radius 3 is 2.86 bits per heavy atom. The second-order valence-corrected chi connectivity index (χ2v) is 5.96. The van der Waals surface area contributed by atoms with E-state index in [2.05, 4.69) is 24.2 Å². The molecule has 2 unspecified atom stereocenters. The van der Waals surface area contributed by atoms with Crippen LogP contribution in [0.1, 0.15) is 25.5 Å². The Balaban J connectivity index is 2.24. The maximum absolute atomic E-state index is 6.12. The molecule has 6 heteroatoms. The van der Waals surface area contributed by atoms with Gasteiger partial charge in [0.05, 0.1) is 25.9 Å². The summed E-state index contributed by atoms with van der Waals surface area (Å²) < 4.78 is 11.3. The van der Waals surface area contributed by atoms with Gasteiger partial charge in [-0.1, -0.05) is 11.6 Å². The van der Waals surface area contributed by atoms with Crippen LogP contribution >= 0.6 is 11.6 Å². The van der Waals surface area contributed by atoms with Crippen LogP contribution in [0.2, 0.25) is 5.02 Å². The molecule has 1 fully saturated rings. The zero-order valence-corrected chi connectivity index (χ0v) is 13.6. The van der Waals surface area contributed by atoms with Crippen molar-refractivity contribution in [1.29, 1.82) is 0 Å². The summed E-state index contributed by atoms with van der Waals surface area (Å²) in [6.07, 6.45) is -0.0430. The molecule has 0 saturated carbocycles. The summed E-state index contributed by atoms with van der Waals surface area (Å²) in [6, 6.07) is 5.85. The first-order valence-electron chi connectivity index (χ1n) is 7.22. The van der Waals surface area contributed by atoms with E-state index in [1.807, 2.05) is 12.1 Å². The molecule has 0 aromatic heterocycles. The van der Waals surface area contributed by atoms with E-state index in [4.69, 9.17) is 26.9 Å². The minimum absolute atomic E-state index is 0.0430. The van der Waals surface area contributed by atoms with Crippen molar-refractivity contribution in [3.05, 3.63) is 28.8 Å². The molecule has 3 N–H and O–H groups in total. The fourth-order valence-electron chi connectivity index (χ4n) is 2.71. The van der Waals surface area contributed by atoms with Crippen LogP contribution in [0.15, 0.2) is 18.2 Å². The van der Waals surface area contributed by atoms with Gasteiger partial charge in [-0.05, 0) is 32.0 Å². The van der Waals surface area contributed by atoms with Crippen molar-refractivity contribution in [2.45, 2.75) is 32.0 Å². The third-order valence-electron chi connectivity index (χ3n) is 3.93. The molecule has 2 rings (SSSR count). The zero-order valence-electron chi connectivity index (χ0n) is 12.8. The first kappa shape index (κ1) is 16.5. The maximum atomic E-state index is 6.12. The van der Waals surface area contributed by atoms with Crippen LogP contribution in [0.25, 0.3) is 0 Å². The molecule has 0 amide bonds. The molecular formula is C15H24ClN3O2. The van der Waals surface area contributed by atoms with Crippen molar-refractivity contribution in [2.24, 2.45) is 5.84 Å². The van der Waals surface area contributed by atoms with Crippen LogP contribution in [0, 0.1) is 0 Å². The lowest BCUT2D eigenvalue weighted by Gasteiger charge is -2.39. The van der Waals surface area contributed by atoms with Crippen LogP contribution in [0.4, 0.5) is 0 Å². The molecule has 5 nitrogen and oxygen atoms in total. The highest BCUT2D eigenvalue weighted by atomic mass is 35.5. The Labute approximate surface area is 131 Å². The van der Waals surface area contributed by atoms with Crippen molar-refractivity contribution in [3.8, 4) is 5.75 Å². The number of nitrogens with one attached hydrogen (secondary N) is 1. The molecule has 1 aromatic carbocycles. The quantitative estimate of drug-likeness (QED) is 0.643. The highest BCUT2D eigenvalue weighted by Gasteiger charge is 2.31. The van der Waals surface area contributed by atoms with Crippen molar-refractivity contribution in [2.75, 3.05) is 26.8 Å². The fraction of sp³-hybridized carbons (Fsp3) is 0.600. The molecule has 0 spiro atoms. The Morgan fingerprint density at radius 1 is 1.48 bits per heavy atom. The Hall–Kier alpha value is -0.850. The number of ether oxygens (including phenoxy) is 2. The summed E-state index contributed by atoms with van der Waals surface area (Å²) in [7, 11) is 1.64. The minimum Gasteiger partial charge on any atom is -0.496 e. The lowest BCUT2D eigenvalue weighted by molar-refractivity contribution is -0.0564. The Morgan fingerprint density at radius 2 is 2.24 bits per heavy atom. The van der Waals surface area contributed by atoms with Gasteiger partial charge in [0.1, 0.15) is 5.75 Å². The van der Waals surface area contributed by atoms with Crippen molar-refractivity contribution < 1.29 is 9.47 Å². The standard InChI is InChI=1S/C15H24ClN3O2/c1-10(2)19-6-7-21-14(9-19)15(18-17)12-8-11(16)4-5-13(12)20-3/h4-5,8,10,14-15,18H,6-7,9,17H2,1-3H3. The van der Waals surface area contributed by atoms with Crippen molar-refractivity contribution in [3.63, 3.8) is 0 Å². The first-order chi connectivity index (χ1) is 10.1. The molecule has 118 valence electrons. The number of nitrogens with two attached hydrogens (primary N) is 1. The number of benzene rings is 1. The first-order valence-corrected chi connectivity index (χ1v) is 7.59. The maximum Gasteiger partial charge on any atom is 0.123 e. The molecule has 0 aliphatic carbocycles. The molecule has 0 radical (unpaired) electrons. The van der Waals surface area contributed by atoms with Gasteiger partial charge in [-0.15, -0.1) is 0 Å². The van der Waals surface area contributed by atoms with Gasteiger partial charge in [-0.25, -0.2) is 0 Å². The van der Waals surface area contributed by atoms with Gasteiger partial charge in [0.15, 0.2) is 0 Å². The number of methoxy groups -OCH3 is 1. The molecule has 21 heavy (non-hydrogen) atoms. The van der Waals surface area contributed by atoms with Crippen LogP contribution in [0.5, 0.6) is 5.75 Å². The molecule has 1 aromatic rings. The van der Waals surface area contributed by atoms with Gasteiger partial charge >= 0.3 is 0 Å². The average Bonchev–Trinajstić information content (AvgIpc) is 2.48. The van der Waals surface area contributed by atoms with Crippen LogP contribution in [-0.2, 0) is 4.74 Å². The van der Waals surface area contributed by atoms with E-state index in [1.165, 1.54) is 0 Å². The van der Waals surface area contributed by atoms with Crippen molar-refractivity contribution in [1.82, 2.24) is 10.3 Å². The zero-order chi connectivity index (χ0) is 15.4. The smallest absolute Gasteiger partial charge is 0.123 e. The van der Waals surface area contributed by atoms with Gasteiger partial charge < -0.3 is 9.47 Å². The predicted molar refractivity (Wildman–Crippen MR) is 84.5 cm³/mol. The van der Waals surface area contributed by atoms with Gasteiger partial charge in [-0.2, -0.15) is 0 Å². The Bertz CT molecular complexity index is 470. The number of hydrogen-bond donors (Lipinski definition) is 2. The van der Waals surface area contributed by atoms with E-state index in [-0.39, 0.29) is 12.1 Å². The Kier molecular flexibility index (Phi) is 5.84. The summed E-state index contributed by atoms with van der Waals surface area (Å²) in [5, 5.41) is 0.655. The van der Waals surface area contributed by atoms with Gasteiger partial charge in [-0.3, -0.25) is 16.2 Å². The van der Waals surface area contributed by atoms with E-state index in [9.17, 15) is 0 Å². The summed E-state index contributed by atoms with van der Waals surface area (Å²) in [5.74, 6) is 6.54. The fourth-order valence-corrected chi connectivity index (χ4v) is 2.89. The topological polar surface area (TPSA) is 59.8 Å². The minimum atomic E-state index is -0.166. The number of halogens is 1. The van der Waals surface area contributed by atoms with E-state index in [0.717, 1.165) is 24.4 Å². The summed E-state index contributed by atoms with van der Waals surface area (Å²) in [6.45, 7) is 6.84. The van der Waals surface area contributed by atoms with Crippen LogP contribution in [0.3, 0.4) is 0 Å². The number of rotatable bonds is 5. The lowest BCUT2D eigenvalue weighted by atomic mass is 9.99. The highest BCUT2D eigenvalue weighted by molar-refractivity contribution is 6.30. The van der Waals surface area contributed by atoms with Gasteiger partial charge in [0.2, 0.25) is 0 Å². The monoisotopic (exact) mass is 313 g/mol. The largest absolute Gasteiger partial charge is 0.496 e. The van der Waals surface area contributed by atoms with Crippen molar-refractivity contribution >= 4 is 11.6 Å². The number of morpholine rings is 1. The third-order valence-corrected chi connectivity index (χ3v) is 4.17. The summed E-state index contributed by atoms with van der Waals surface area (Å²) in [5.41, 5.74) is 3.78. The van der Waals surface area contributed by atoms with E-state index >= 15 is 0 Å². The summed E-state index contributed by atoms with van der Waals surface area (Å²) in [4.78, 5) is 2.38. The molecule has 1 saturated heterocycles. The second-order valence-electron chi connectivity index (χ2n) is 5.53.